The Morgan fingerprint density at radius 2 is 0.956 bits per heavy atom. The summed E-state index contributed by atoms with van der Waals surface area (Å²) < 4.78 is 12.6. The normalized spacial score (nSPS) is 11.6. The van der Waals surface area contributed by atoms with E-state index in [1.54, 1.807) is 24.8 Å². The van der Waals surface area contributed by atoms with Crippen LogP contribution in [0.25, 0.3) is 66.4 Å². The Hall–Kier alpha value is -6.34. The number of rotatable bonds is 5. The predicted molar refractivity (Wildman–Crippen MR) is 178 cm³/mol. The highest BCUT2D eigenvalue weighted by molar-refractivity contribution is 6.10. The summed E-state index contributed by atoms with van der Waals surface area (Å²) in [5.74, 6) is 1.46. The molecule has 0 aliphatic carbocycles. The fourth-order valence-corrected chi connectivity index (χ4v) is 6.06. The minimum atomic E-state index is 0.728. The maximum absolute atomic E-state index is 6.29. The van der Waals surface area contributed by atoms with Crippen molar-refractivity contribution in [2.45, 2.75) is 0 Å². The van der Waals surface area contributed by atoms with Gasteiger partial charge in [0.05, 0.1) is 23.8 Å². The van der Waals surface area contributed by atoms with Crippen LogP contribution in [0.3, 0.4) is 0 Å². The molecule has 0 fully saturated rings. The van der Waals surface area contributed by atoms with Crippen molar-refractivity contribution in [3.63, 3.8) is 0 Å². The van der Waals surface area contributed by atoms with Crippen LogP contribution in [0, 0.1) is 0 Å². The van der Waals surface area contributed by atoms with Crippen LogP contribution in [0.1, 0.15) is 0 Å². The zero-order valence-corrected chi connectivity index (χ0v) is 23.8. The van der Waals surface area contributed by atoms with Crippen molar-refractivity contribution in [3.05, 3.63) is 140 Å². The number of nitrogens with zero attached hydrogens (tertiary/aromatic N) is 5. The molecule has 7 nitrogen and oxygen atoms in total. The molecule has 0 saturated carbocycles. The number of anilines is 3. The maximum Gasteiger partial charge on any atom is 0.153 e. The van der Waals surface area contributed by atoms with E-state index in [0.717, 1.165) is 83.7 Å². The van der Waals surface area contributed by atoms with Gasteiger partial charge in [0.1, 0.15) is 22.8 Å². The van der Waals surface area contributed by atoms with Gasteiger partial charge in [-0.15, -0.1) is 0 Å². The van der Waals surface area contributed by atoms with Gasteiger partial charge in [-0.05, 0) is 60.7 Å². The van der Waals surface area contributed by atoms with Crippen LogP contribution in [0.4, 0.5) is 17.3 Å². The van der Waals surface area contributed by atoms with E-state index in [1.807, 2.05) is 91.0 Å². The second-order valence-electron chi connectivity index (χ2n) is 10.7. The second-order valence-corrected chi connectivity index (χ2v) is 10.7. The van der Waals surface area contributed by atoms with Crippen LogP contribution in [-0.4, -0.2) is 19.9 Å². The Labute approximate surface area is 257 Å². The van der Waals surface area contributed by atoms with Crippen molar-refractivity contribution >= 4 is 61.2 Å². The van der Waals surface area contributed by atoms with E-state index in [-0.39, 0.29) is 0 Å². The number of hydrogen-bond acceptors (Lipinski definition) is 7. The molecule has 9 rings (SSSR count). The van der Waals surface area contributed by atoms with Crippen molar-refractivity contribution in [1.82, 2.24) is 19.9 Å². The van der Waals surface area contributed by atoms with Gasteiger partial charge in [0.25, 0.3) is 0 Å². The third-order valence-corrected chi connectivity index (χ3v) is 8.10. The number of furan rings is 2. The van der Waals surface area contributed by atoms with Crippen LogP contribution in [0.5, 0.6) is 0 Å². The molecule has 3 aromatic carbocycles. The third kappa shape index (κ3) is 4.13. The maximum atomic E-state index is 6.29. The lowest BCUT2D eigenvalue weighted by Gasteiger charge is -2.24. The van der Waals surface area contributed by atoms with E-state index < -0.39 is 0 Å². The highest BCUT2D eigenvalue weighted by atomic mass is 16.3. The lowest BCUT2D eigenvalue weighted by atomic mass is 10.1. The van der Waals surface area contributed by atoms with Crippen molar-refractivity contribution in [2.75, 3.05) is 4.90 Å². The number of fused-ring (bicyclic) bond motifs is 6. The highest BCUT2D eigenvalue weighted by Crippen LogP contribution is 2.39. The molecule has 6 aromatic heterocycles. The van der Waals surface area contributed by atoms with E-state index in [9.17, 15) is 0 Å². The number of para-hydroxylation sites is 3. The summed E-state index contributed by atoms with van der Waals surface area (Å²) in [5, 5.41) is 4.12. The molecule has 9 aromatic rings. The number of hydrogen-bond donors (Lipinski definition) is 0. The molecular formula is C38H23N5O2. The predicted octanol–water partition coefficient (Wildman–Crippen LogP) is 9.87. The Morgan fingerprint density at radius 1 is 0.444 bits per heavy atom. The van der Waals surface area contributed by atoms with Crippen LogP contribution >= 0.6 is 0 Å². The van der Waals surface area contributed by atoms with Gasteiger partial charge in [0.15, 0.2) is 11.2 Å². The van der Waals surface area contributed by atoms with E-state index in [4.69, 9.17) is 18.8 Å². The van der Waals surface area contributed by atoms with Gasteiger partial charge in [0.2, 0.25) is 0 Å². The molecule has 7 heteroatoms. The van der Waals surface area contributed by atoms with Crippen molar-refractivity contribution < 1.29 is 8.83 Å². The smallest absolute Gasteiger partial charge is 0.153 e. The van der Waals surface area contributed by atoms with Crippen LogP contribution in [0.15, 0.2) is 149 Å². The third-order valence-electron chi connectivity index (χ3n) is 8.10. The van der Waals surface area contributed by atoms with Crippen molar-refractivity contribution in [2.24, 2.45) is 0 Å². The number of aromatic nitrogens is 4. The molecule has 0 saturated heterocycles. The van der Waals surface area contributed by atoms with E-state index in [1.165, 1.54) is 0 Å². The summed E-state index contributed by atoms with van der Waals surface area (Å²) in [4.78, 5) is 20.9. The fourth-order valence-electron chi connectivity index (χ4n) is 6.06. The first-order chi connectivity index (χ1) is 22.3. The van der Waals surface area contributed by atoms with E-state index in [0.29, 0.717) is 0 Å². The lowest BCUT2D eigenvalue weighted by Crippen LogP contribution is -2.13. The van der Waals surface area contributed by atoms with Crippen LogP contribution in [-0.2, 0) is 0 Å². The Bertz CT molecular complexity index is 2360. The molecule has 0 spiro atoms. The molecule has 0 atom stereocenters. The van der Waals surface area contributed by atoms with Crippen molar-refractivity contribution in [1.29, 1.82) is 0 Å². The Balaban J connectivity index is 1.20. The lowest BCUT2D eigenvalue weighted by molar-refractivity contribution is 0.667. The second kappa shape index (κ2) is 10.1. The van der Waals surface area contributed by atoms with Gasteiger partial charge in [-0.2, -0.15) is 0 Å². The SMILES string of the molecule is c1ccc(N(c2cccc(-c3cccc4c3oc3cnccc34)n2)c2cccc(-c3cccc4c3oc3cnccc34)n2)cc1. The standard InChI is InChI=1S/C38H23N5O2/c1-2-8-24(9-3-1)43(35-16-6-14-31(41-35)29-12-4-10-27-25-18-20-39-22-33(25)44-37(27)29)36-17-7-15-32(42-36)30-13-5-11-28-26-19-21-40-23-34(26)45-38(28)30/h1-23H. The van der Waals surface area contributed by atoms with Crippen LogP contribution in [0.2, 0.25) is 0 Å². The number of pyridine rings is 4. The molecule has 0 aliphatic heterocycles. The summed E-state index contributed by atoms with van der Waals surface area (Å²) >= 11 is 0. The first-order valence-corrected chi connectivity index (χ1v) is 14.6. The largest absolute Gasteiger partial charge is 0.454 e. The molecule has 0 radical (unpaired) electrons. The first kappa shape index (κ1) is 25.2. The average Bonchev–Trinajstić information content (AvgIpc) is 3.68. The van der Waals surface area contributed by atoms with Gasteiger partial charge in [-0.1, -0.05) is 54.6 Å². The Kier molecular flexibility index (Phi) is 5.67. The zero-order chi connectivity index (χ0) is 29.7. The van der Waals surface area contributed by atoms with E-state index in [2.05, 4.69) is 39.1 Å². The zero-order valence-electron chi connectivity index (χ0n) is 23.8. The molecule has 0 bridgehead atoms. The molecule has 0 unspecified atom stereocenters. The molecule has 45 heavy (non-hydrogen) atoms. The summed E-state index contributed by atoms with van der Waals surface area (Å²) in [6, 6.07) is 38.5. The van der Waals surface area contributed by atoms with Crippen LogP contribution < -0.4 is 4.90 Å². The Morgan fingerprint density at radius 3 is 1.49 bits per heavy atom. The summed E-state index contributed by atoms with van der Waals surface area (Å²) in [7, 11) is 0. The summed E-state index contributed by atoms with van der Waals surface area (Å²) in [6.45, 7) is 0. The molecule has 0 N–H and O–H groups in total. The topological polar surface area (TPSA) is 81.1 Å². The van der Waals surface area contributed by atoms with Gasteiger partial charge in [-0.25, -0.2) is 9.97 Å². The fraction of sp³-hybridized carbons (Fsp3) is 0. The van der Waals surface area contributed by atoms with Gasteiger partial charge in [-0.3, -0.25) is 14.9 Å². The average molecular weight is 582 g/mol. The first-order valence-electron chi connectivity index (χ1n) is 14.6. The van der Waals surface area contributed by atoms with Crippen molar-refractivity contribution in [3.8, 4) is 22.5 Å². The number of benzene rings is 3. The van der Waals surface area contributed by atoms with Gasteiger partial charge < -0.3 is 8.83 Å². The van der Waals surface area contributed by atoms with Gasteiger partial charge in [0, 0.05) is 50.8 Å². The quantitative estimate of drug-likeness (QED) is 0.200. The minimum absolute atomic E-state index is 0.728. The van der Waals surface area contributed by atoms with Gasteiger partial charge >= 0.3 is 0 Å². The summed E-state index contributed by atoms with van der Waals surface area (Å²) in [5.41, 5.74) is 7.41. The molecule has 212 valence electrons. The molecular weight excluding hydrogens is 558 g/mol. The van der Waals surface area contributed by atoms with E-state index >= 15 is 0 Å². The minimum Gasteiger partial charge on any atom is -0.454 e. The molecule has 6 heterocycles. The monoisotopic (exact) mass is 581 g/mol. The molecule has 0 amide bonds. The summed E-state index contributed by atoms with van der Waals surface area (Å²) in [6.07, 6.45) is 7.07. The molecule has 0 aliphatic rings. The highest BCUT2D eigenvalue weighted by Gasteiger charge is 2.20.